The number of aryl methyl sites for hydroxylation is 1. The third kappa shape index (κ3) is 3.52. The number of thiophene rings is 1. The monoisotopic (exact) mass is 402 g/mol. The number of esters is 1. The maximum absolute atomic E-state index is 13.1. The van der Waals surface area contributed by atoms with Gasteiger partial charge < -0.3 is 14.9 Å². The lowest BCUT2D eigenvalue weighted by molar-refractivity contribution is -0.125. The highest BCUT2D eigenvalue weighted by Crippen LogP contribution is 2.38. The molecule has 1 aliphatic heterocycles. The molecule has 8 heteroatoms. The number of carbonyl (C=O) groups is 2. The Labute approximate surface area is 165 Å². The molecule has 6 nitrogen and oxygen atoms in total. The molecule has 1 aromatic heterocycles. The van der Waals surface area contributed by atoms with E-state index in [0.29, 0.717) is 21.8 Å². The van der Waals surface area contributed by atoms with Gasteiger partial charge in [0.2, 0.25) is 6.10 Å². The number of rotatable bonds is 4. The minimum atomic E-state index is -0.801. The summed E-state index contributed by atoms with van der Waals surface area (Å²) in [6.07, 6.45) is 3.27. The van der Waals surface area contributed by atoms with Gasteiger partial charge in [-0.3, -0.25) is 4.79 Å². The minimum Gasteiger partial charge on any atom is -0.465 e. The van der Waals surface area contributed by atoms with Crippen LogP contribution in [0, 0.1) is 5.82 Å². The van der Waals surface area contributed by atoms with E-state index in [1.54, 1.807) is 12.1 Å². The van der Waals surface area contributed by atoms with Crippen molar-refractivity contribution in [3.63, 3.8) is 0 Å². The van der Waals surface area contributed by atoms with Crippen LogP contribution in [0.1, 0.15) is 45.6 Å². The third-order valence-corrected chi connectivity index (χ3v) is 6.14. The van der Waals surface area contributed by atoms with Crippen LogP contribution in [-0.4, -0.2) is 30.8 Å². The van der Waals surface area contributed by atoms with Gasteiger partial charge in [-0.1, -0.05) is 17.3 Å². The third-order valence-electron chi connectivity index (χ3n) is 4.94. The zero-order chi connectivity index (χ0) is 19.7. The van der Waals surface area contributed by atoms with Gasteiger partial charge in [0.1, 0.15) is 10.8 Å². The van der Waals surface area contributed by atoms with E-state index in [-0.39, 0.29) is 18.1 Å². The predicted molar refractivity (Wildman–Crippen MR) is 103 cm³/mol. The van der Waals surface area contributed by atoms with Crippen molar-refractivity contribution in [2.45, 2.75) is 38.2 Å². The van der Waals surface area contributed by atoms with Crippen molar-refractivity contribution in [2.75, 3.05) is 12.4 Å². The molecule has 28 heavy (non-hydrogen) atoms. The summed E-state index contributed by atoms with van der Waals surface area (Å²) >= 11 is 1.42. The molecule has 1 amide bonds. The average Bonchev–Trinajstić information content (AvgIpc) is 3.33. The summed E-state index contributed by atoms with van der Waals surface area (Å²) in [6, 6.07) is 5.87. The van der Waals surface area contributed by atoms with Gasteiger partial charge in [-0.2, -0.15) is 0 Å². The summed E-state index contributed by atoms with van der Waals surface area (Å²) in [4.78, 5) is 31.4. The van der Waals surface area contributed by atoms with Gasteiger partial charge in [-0.25, -0.2) is 9.18 Å². The van der Waals surface area contributed by atoms with Crippen LogP contribution in [0.25, 0.3) is 0 Å². The van der Waals surface area contributed by atoms with Crippen molar-refractivity contribution < 1.29 is 23.6 Å². The van der Waals surface area contributed by atoms with E-state index in [1.165, 1.54) is 30.6 Å². The number of hydrogen-bond acceptors (Lipinski definition) is 6. The fourth-order valence-corrected chi connectivity index (χ4v) is 4.78. The van der Waals surface area contributed by atoms with E-state index in [4.69, 9.17) is 9.57 Å². The molecule has 2 aromatic rings. The molecule has 0 saturated heterocycles. The zero-order valence-electron chi connectivity index (χ0n) is 15.3. The standard InChI is InChI=1S/C20H19FN2O4S/c1-26-20(25)17-13-4-2-3-5-16(13)28-19(17)22-18(24)15-10-14(23-27-15)11-6-8-12(21)9-7-11/h6-9,15H,2-5,10H2,1H3,(H,22,24). The molecule has 0 radical (unpaired) electrons. The SMILES string of the molecule is COC(=O)c1c(NC(=O)C2CC(c3ccc(F)cc3)=NO2)sc2c1CCCC2. The lowest BCUT2D eigenvalue weighted by atomic mass is 9.95. The maximum Gasteiger partial charge on any atom is 0.341 e. The molecule has 4 rings (SSSR count). The largest absolute Gasteiger partial charge is 0.465 e. The van der Waals surface area contributed by atoms with Crippen LogP contribution >= 0.6 is 11.3 Å². The Morgan fingerprint density at radius 3 is 2.75 bits per heavy atom. The number of nitrogens with zero attached hydrogens (tertiary/aromatic N) is 1. The van der Waals surface area contributed by atoms with E-state index >= 15 is 0 Å². The fraction of sp³-hybridized carbons (Fsp3) is 0.350. The molecule has 0 fully saturated rings. The first-order chi connectivity index (χ1) is 13.6. The van der Waals surface area contributed by atoms with E-state index in [9.17, 15) is 14.0 Å². The van der Waals surface area contributed by atoms with Crippen LogP contribution in [0.3, 0.4) is 0 Å². The van der Waals surface area contributed by atoms with Gasteiger partial charge in [0, 0.05) is 11.3 Å². The van der Waals surface area contributed by atoms with Crippen LogP contribution in [0.15, 0.2) is 29.4 Å². The van der Waals surface area contributed by atoms with Crippen LogP contribution < -0.4 is 5.32 Å². The van der Waals surface area contributed by atoms with Crippen LogP contribution in [-0.2, 0) is 27.2 Å². The normalized spacial score (nSPS) is 18.1. The summed E-state index contributed by atoms with van der Waals surface area (Å²) in [5, 5.41) is 7.29. The molecule has 1 aromatic carbocycles. The Morgan fingerprint density at radius 1 is 1.25 bits per heavy atom. The number of carbonyl (C=O) groups excluding carboxylic acids is 2. The van der Waals surface area contributed by atoms with Crippen molar-refractivity contribution in [3.05, 3.63) is 51.7 Å². The first-order valence-corrected chi connectivity index (χ1v) is 9.91. The topological polar surface area (TPSA) is 77.0 Å². The number of ether oxygens (including phenoxy) is 1. The number of nitrogens with one attached hydrogen (secondary N) is 1. The van der Waals surface area contributed by atoms with Gasteiger partial charge in [0.05, 0.1) is 18.4 Å². The van der Waals surface area contributed by atoms with Crippen molar-refractivity contribution in [3.8, 4) is 0 Å². The highest BCUT2D eigenvalue weighted by molar-refractivity contribution is 7.17. The first kappa shape index (κ1) is 18.6. The van der Waals surface area contributed by atoms with E-state index in [0.717, 1.165) is 36.1 Å². The Hall–Kier alpha value is -2.74. The quantitative estimate of drug-likeness (QED) is 0.792. The number of benzene rings is 1. The number of anilines is 1. The van der Waals surface area contributed by atoms with Crippen molar-refractivity contribution >= 4 is 33.9 Å². The van der Waals surface area contributed by atoms with Crippen molar-refractivity contribution in [1.29, 1.82) is 0 Å². The van der Waals surface area contributed by atoms with E-state index in [2.05, 4.69) is 10.5 Å². The van der Waals surface area contributed by atoms with E-state index < -0.39 is 12.1 Å². The number of halogens is 1. The zero-order valence-corrected chi connectivity index (χ0v) is 16.1. The first-order valence-electron chi connectivity index (χ1n) is 9.09. The second-order valence-electron chi connectivity index (χ2n) is 6.74. The van der Waals surface area contributed by atoms with Gasteiger partial charge in [-0.15, -0.1) is 11.3 Å². The van der Waals surface area contributed by atoms with Crippen LogP contribution in [0.4, 0.5) is 9.39 Å². The molecule has 2 aliphatic rings. The molecule has 1 N–H and O–H groups in total. The summed E-state index contributed by atoms with van der Waals surface area (Å²) in [6.45, 7) is 0. The van der Waals surface area contributed by atoms with Gasteiger partial charge in [0.25, 0.3) is 5.91 Å². The van der Waals surface area contributed by atoms with Crippen LogP contribution in [0.2, 0.25) is 0 Å². The summed E-state index contributed by atoms with van der Waals surface area (Å²) in [5.41, 5.74) is 2.72. The lowest BCUT2D eigenvalue weighted by Gasteiger charge is -2.12. The molecule has 0 bridgehead atoms. The molecular weight excluding hydrogens is 383 g/mol. The maximum atomic E-state index is 13.1. The molecule has 0 spiro atoms. The number of fused-ring (bicyclic) bond motifs is 1. The number of hydrogen-bond donors (Lipinski definition) is 1. The average molecular weight is 402 g/mol. The van der Waals surface area contributed by atoms with Gasteiger partial charge >= 0.3 is 5.97 Å². The lowest BCUT2D eigenvalue weighted by Crippen LogP contribution is -2.28. The highest BCUT2D eigenvalue weighted by Gasteiger charge is 2.32. The molecule has 1 unspecified atom stereocenters. The van der Waals surface area contributed by atoms with Gasteiger partial charge in [0.15, 0.2) is 0 Å². The predicted octanol–water partition coefficient (Wildman–Crippen LogP) is 3.68. The van der Waals surface area contributed by atoms with Crippen molar-refractivity contribution in [1.82, 2.24) is 0 Å². The molecular formula is C20H19FN2O4S. The van der Waals surface area contributed by atoms with Gasteiger partial charge in [-0.05, 0) is 48.9 Å². The second kappa shape index (κ2) is 7.71. The Morgan fingerprint density at radius 2 is 2.00 bits per heavy atom. The number of amides is 1. The summed E-state index contributed by atoms with van der Waals surface area (Å²) < 4.78 is 18.0. The van der Waals surface area contributed by atoms with Crippen molar-refractivity contribution in [2.24, 2.45) is 5.16 Å². The van der Waals surface area contributed by atoms with Crippen LogP contribution in [0.5, 0.6) is 0 Å². The summed E-state index contributed by atoms with van der Waals surface area (Å²) in [5.74, 6) is -1.15. The molecule has 1 aliphatic carbocycles. The number of methoxy groups -OCH3 is 1. The molecule has 2 heterocycles. The minimum absolute atomic E-state index is 0.274. The molecule has 146 valence electrons. The second-order valence-corrected chi connectivity index (χ2v) is 7.84. The summed E-state index contributed by atoms with van der Waals surface area (Å²) in [7, 11) is 1.34. The van der Waals surface area contributed by atoms with E-state index in [1.807, 2.05) is 0 Å². The fourth-order valence-electron chi connectivity index (χ4n) is 3.50. The smallest absolute Gasteiger partial charge is 0.341 e. The molecule has 1 atom stereocenters. The Bertz CT molecular complexity index is 952. The highest BCUT2D eigenvalue weighted by atomic mass is 32.1. The molecule has 0 saturated carbocycles. The number of oxime groups is 1. The Balaban J connectivity index is 1.49. The Kier molecular flexibility index (Phi) is 5.13.